The molecule has 3 amide bonds. The van der Waals surface area contributed by atoms with Crippen molar-refractivity contribution >= 4 is 29.2 Å². The Bertz CT molecular complexity index is 648. The topological polar surface area (TPSA) is 113 Å². The summed E-state index contributed by atoms with van der Waals surface area (Å²) in [6, 6.07) is 1.69. The minimum atomic E-state index is -0.946. The molecule has 1 saturated heterocycles. The van der Waals surface area contributed by atoms with Gasteiger partial charge in [0.15, 0.2) is 0 Å². The third-order valence-corrected chi connectivity index (χ3v) is 6.23. The van der Waals surface area contributed by atoms with Gasteiger partial charge in [0.2, 0.25) is 5.91 Å². The summed E-state index contributed by atoms with van der Waals surface area (Å²) < 4.78 is 0. The Morgan fingerprint density at radius 3 is 2.76 bits per heavy atom. The maximum absolute atomic E-state index is 13.0. The Morgan fingerprint density at radius 2 is 2.12 bits per heavy atom. The lowest BCUT2D eigenvalue weighted by atomic mass is 9.84. The zero-order valence-electron chi connectivity index (χ0n) is 13.9. The van der Waals surface area contributed by atoms with Crippen LogP contribution >= 0.6 is 11.3 Å². The van der Waals surface area contributed by atoms with Gasteiger partial charge in [-0.1, -0.05) is 18.9 Å². The van der Waals surface area contributed by atoms with Crippen LogP contribution in [0.2, 0.25) is 0 Å². The second-order valence-corrected chi connectivity index (χ2v) is 7.76. The molecule has 2 heterocycles. The molecule has 1 aromatic rings. The number of nitrogens with zero attached hydrogens (tertiary/aromatic N) is 1. The fourth-order valence-electron chi connectivity index (χ4n) is 4.20. The van der Waals surface area contributed by atoms with Crippen molar-refractivity contribution in [3.05, 3.63) is 22.4 Å². The number of carbonyl (C=O) groups excluding carboxylic acids is 2. The molecule has 0 spiro atoms. The highest BCUT2D eigenvalue weighted by molar-refractivity contribution is 7.10. The maximum Gasteiger partial charge on any atom is 0.326 e. The van der Waals surface area contributed by atoms with Gasteiger partial charge in [-0.2, -0.15) is 0 Å². The zero-order chi connectivity index (χ0) is 18.0. The summed E-state index contributed by atoms with van der Waals surface area (Å²) in [7, 11) is 0. The molecule has 2 aliphatic rings. The van der Waals surface area contributed by atoms with Crippen molar-refractivity contribution in [3.63, 3.8) is 0 Å². The molecule has 0 bridgehead atoms. The molecule has 7 nitrogen and oxygen atoms in total. The quantitative estimate of drug-likeness (QED) is 0.741. The van der Waals surface area contributed by atoms with Gasteiger partial charge in [0.25, 0.3) is 0 Å². The van der Waals surface area contributed by atoms with Crippen LogP contribution in [0.4, 0.5) is 4.79 Å². The summed E-state index contributed by atoms with van der Waals surface area (Å²) in [5.41, 5.74) is 5.25. The normalized spacial score (nSPS) is 26.7. The monoisotopic (exact) mass is 365 g/mol. The Morgan fingerprint density at radius 1 is 1.36 bits per heavy atom. The number of fused-ring (bicyclic) bond motifs is 1. The first-order chi connectivity index (χ1) is 12.0. The van der Waals surface area contributed by atoms with Crippen molar-refractivity contribution in [2.24, 2.45) is 11.7 Å². The minimum absolute atomic E-state index is 0.0000798. The standard InChI is InChI=1S/C17H23N3O4S/c18-17(24)19-11(14-6-3-7-25-14)9-15(21)20-12-5-2-1-4-10(12)8-13(20)16(22)23/h3,6-7,10-13H,1-2,4-5,8-9H2,(H,22,23)(H3,18,19,24). The summed E-state index contributed by atoms with van der Waals surface area (Å²) >= 11 is 1.43. The van der Waals surface area contributed by atoms with Crippen LogP contribution in [0, 0.1) is 5.92 Å². The Hall–Kier alpha value is -2.09. The van der Waals surface area contributed by atoms with Gasteiger partial charge in [0.05, 0.1) is 12.5 Å². The van der Waals surface area contributed by atoms with Gasteiger partial charge in [-0.25, -0.2) is 9.59 Å². The van der Waals surface area contributed by atoms with E-state index >= 15 is 0 Å². The van der Waals surface area contributed by atoms with Crippen LogP contribution in [0.15, 0.2) is 17.5 Å². The van der Waals surface area contributed by atoms with E-state index in [-0.39, 0.29) is 24.3 Å². The second-order valence-electron chi connectivity index (χ2n) is 6.78. The van der Waals surface area contributed by atoms with Crippen molar-refractivity contribution in [3.8, 4) is 0 Å². The van der Waals surface area contributed by atoms with Crippen LogP contribution in [0.5, 0.6) is 0 Å². The molecule has 1 aliphatic carbocycles. The number of nitrogens with one attached hydrogen (secondary N) is 1. The van der Waals surface area contributed by atoms with E-state index in [1.807, 2.05) is 17.5 Å². The van der Waals surface area contributed by atoms with Crippen LogP contribution in [-0.2, 0) is 9.59 Å². The molecule has 0 radical (unpaired) electrons. The molecule has 2 fully saturated rings. The van der Waals surface area contributed by atoms with E-state index in [0.29, 0.717) is 6.42 Å². The SMILES string of the molecule is NC(=O)NC(CC(=O)N1C(C(=O)O)CC2CCCCC21)c1cccs1. The first-order valence-corrected chi connectivity index (χ1v) is 9.48. The lowest BCUT2D eigenvalue weighted by Gasteiger charge is -2.33. The van der Waals surface area contributed by atoms with E-state index in [2.05, 4.69) is 5.32 Å². The number of urea groups is 1. The number of hydrogen-bond donors (Lipinski definition) is 3. The average molecular weight is 365 g/mol. The molecular formula is C17H23N3O4S. The van der Waals surface area contributed by atoms with Crippen LogP contribution < -0.4 is 11.1 Å². The van der Waals surface area contributed by atoms with Gasteiger partial charge in [-0.05, 0) is 36.6 Å². The highest BCUT2D eigenvalue weighted by Crippen LogP contribution is 2.40. The molecule has 25 heavy (non-hydrogen) atoms. The second kappa shape index (κ2) is 7.43. The molecule has 4 N–H and O–H groups in total. The summed E-state index contributed by atoms with van der Waals surface area (Å²) in [5, 5.41) is 14.0. The molecule has 4 atom stereocenters. The summed E-state index contributed by atoms with van der Waals surface area (Å²) in [5.74, 6) is -0.907. The van der Waals surface area contributed by atoms with Crippen LogP contribution in [0.3, 0.4) is 0 Å². The number of amides is 3. The van der Waals surface area contributed by atoms with E-state index < -0.39 is 24.1 Å². The van der Waals surface area contributed by atoms with Gasteiger partial charge in [0.1, 0.15) is 6.04 Å². The predicted octanol–water partition coefficient (Wildman–Crippen LogP) is 2.09. The summed E-state index contributed by atoms with van der Waals surface area (Å²) in [4.78, 5) is 38.3. The molecule has 1 aromatic heterocycles. The Labute approximate surface area is 150 Å². The van der Waals surface area contributed by atoms with Crippen LogP contribution in [-0.4, -0.2) is 40.0 Å². The first kappa shape index (κ1) is 17.7. The largest absolute Gasteiger partial charge is 0.480 e. The number of carbonyl (C=O) groups is 3. The maximum atomic E-state index is 13.0. The number of nitrogens with two attached hydrogens (primary N) is 1. The van der Waals surface area contributed by atoms with Gasteiger partial charge in [0, 0.05) is 10.9 Å². The highest BCUT2D eigenvalue weighted by atomic mass is 32.1. The smallest absolute Gasteiger partial charge is 0.326 e. The van der Waals surface area contributed by atoms with Crippen molar-refractivity contribution < 1.29 is 19.5 Å². The first-order valence-electron chi connectivity index (χ1n) is 8.60. The molecule has 1 aliphatic heterocycles. The number of likely N-dealkylation sites (tertiary alicyclic amines) is 1. The summed E-state index contributed by atoms with van der Waals surface area (Å²) in [6.07, 6.45) is 4.50. The predicted molar refractivity (Wildman–Crippen MR) is 93.0 cm³/mol. The highest BCUT2D eigenvalue weighted by Gasteiger charge is 2.47. The lowest BCUT2D eigenvalue weighted by molar-refractivity contribution is -0.150. The molecule has 0 aromatic carbocycles. The molecule has 8 heteroatoms. The average Bonchev–Trinajstić information content (AvgIpc) is 3.21. The van der Waals surface area contributed by atoms with Gasteiger partial charge < -0.3 is 21.1 Å². The number of carboxylic acids is 1. The van der Waals surface area contributed by atoms with Gasteiger partial charge in [-0.15, -0.1) is 11.3 Å². The number of rotatable bonds is 5. The van der Waals surface area contributed by atoms with Gasteiger partial charge >= 0.3 is 12.0 Å². The number of primary amides is 1. The molecule has 1 saturated carbocycles. The van der Waals surface area contributed by atoms with E-state index in [1.165, 1.54) is 11.3 Å². The molecule has 3 rings (SSSR count). The third kappa shape index (κ3) is 3.78. The molecule has 4 unspecified atom stereocenters. The van der Waals surface area contributed by atoms with Gasteiger partial charge in [-0.3, -0.25) is 4.79 Å². The minimum Gasteiger partial charge on any atom is -0.480 e. The Balaban J connectivity index is 1.79. The zero-order valence-corrected chi connectivity index (χ0v) is 14.7. The van der Waals surface area contributed by atoms with Crippen LogP contribution in [0.1, 0.15) is 49.4 Å². The van der Waals surface area contributed by atoms with Crippen molar-refractivity contribution in [1.29, 1.82) is 0 Å². The number of hydrogen-bond acceptors (Lipinski definition) is 4. The third-order valence-electron chi connectivity index (χ3n) is 5.24. The number of carboxylic acid groups (broad SMARTS) is 1. The number of thiophene rings is 1. The van der Waals surface area contributed by atoms with E-state index in [1.54, 1.807) is 4.90 Å². The lowest BCUT2D eigenvalue weighted by Crippen LogP contribution is -2.47. The van der Waals surface area contributed by atoms with Crippen molar-refractivity contribution in [2.75, 3.05) is 0 Å². The molecular weight excluding hydrogens is 342 g/mol. The van der Waals surface area contributed by atoms with E-state index in [9.17, 15) is 19.5 Å². The fraction of sp³-hybridized carbons (Fsp3) is 0.588. The fourth-order valence-corrected chi connectivity index (χ4v) is 4.98. The number of aliphatic carboxylic acids is 1. The molecule has 136 valence electrons. The van der Waals surface area contributed by atoms with Crippen LogP contribution in [0.25, 0.3) is 0 Å². The van der Waals surface area contributed by atoms with Crippen molar-refractivity contribution in [2.45, 2.75) is 56.7 Å². The summed E-state index contributed by atoms with van der Waals surface area (Å²) in [6.45, 7) is 0. The Kier molecular flexibility index (Phi) is 5.27. The van der Waals surface area contributed by atoms with Crippen molar-refractivity contribution in [1.82, 2.24) is 10.2 Å². The van der Waals surface area contributed by atoms with E-state index in [4.69, 9.17) is 5.73 Å². The van der Waals surface area contributed by atoms with E-state index in [0.717, 1.165) is 30.6 Å².